The molecule has 8 heteroatoms. The van der Waals surface area contributed by atoms with Crippen LogP contribution in [0.3, 0.4) is 0 Å². The summed E-state index contributed by atoms with van der Waals surface area (Å²) in [5.41, 5.74) is 2.62. The first-order chi connectivity index (χ1) is 13.5. The zero-order valence-electron chi connectivity index (χ0n) is 16.0. The fourth-order valence-electron chi connectivity index (χ4n) is 2.73. The van der Waals surface area contributed by atoms with Crippen molar-refractivity contribution in [3.05, 3.63) is 57.3 Å². The molecule has 1 amide bonds. The third-order valence-corrected chi connectivity index (χ3v) is 5.03. The third kappa shape index (κ3) is 4.52. The Hall–Kier alpha value is -2.84. The van der Waals surface area contributed by atoms with E-state index in [1.165, 1.54) is 17.4 Å². The van der Waals surface area contributed by atoms with Crippen LogP contribution in [0.4, 0.5) is 0 Å². The Bertz CT molecular complexity index is 1010. The molecule has 3 rings (SSSR count). The van der Waals surface area contributed by atoms with Gasteiger partial charge in [0.1, 0.15) is 5.69 Å². The predicted octanol–water partition coefficient (Wildman–Crippen LogP) is 2.89. The van der Waals surface area contributed by atoms with Gasteiger partial charge in [-0.3, -0.25) is 9.59 Å². The first-order valence-electron chi connectivity index (χ1n) is 8.94. The van der Waals surface area contributed by atoms with Crippen molar-refractivity contribution < 1.29 is 9.53 Å². The lowest BCUT2D eigenvalue weighted by Crippen LogP contribution is -2.29. The fraction of sp³-hybridized carbons (Fsp3) is 0.300. The summed E-state index contributed by atoms with van der Waals surface area (Å²) in [7, 11) is 1.61. The third-order valence-electron chi connectivity index (χ3n) is 3.97. The average Bonchev–Trinajstić information content (AvgIpc) is 3.12. The molecule has 0 saturated carbocycles. The highest BCUT2D eigenvalue weighted by Crippen LogP contribution is 2.37. The molecule has 3 aromatic rings. The Balaban J connectivity index is 2.15. The van der Waals surface area contributed by atoms with Gasteiger partial charge in [-0.15, -0.1) is 11.3 Å². The quantitative estimate of drug-likeness (QED) is 0.638. The van der Waals surface area contributed by atoms with Crippen molar-refractivity contribution >= 4 is 17.2 Å². The zero-order valence-corrected chi connectivity index (χ0v) is 16.8. The smallest absolute Gasteiger partial charge is 0.280 e. The Morgan fingerprint density at radius 1 is 1.25 bits per heavy atom. The van der Waals surface area contributed by atoms with Gasteiger partial charge in [0.15, 0.2) is 5.01 Å². The second kappa shape index (κ2) is 8.90. The lowest BCUT2D eigenvalue weighted by atomic mass is 10.1. The zero-order chi connectivity index (χ0) is 20.1. The summed E-state index contributed by atoms with van der Waals surface area (Å²) in [5.74, 6) is -0.230. The van der Waals surface area contributed by atoms with Gasteiger partial charge in [-0.05, 0) is 25.8 Å². The first-order valence-corrected chi connectivity index (χ1v) is 9.76. The number of nitrogens with zero attached hydrogens (tertiary/aromatic N) is 2. The van der Waals surface area contributed by atoms with Gasteiger partial charge in [0.25, 0.3) is 11.5 Å². The van der Waals surface area contributed by atoms with Gasteiger partial charge in [-0.2, -0.15) is 5.10 Å². The van der Waals surface area contributed by atoms with Crippen LogP contribution >= 0.6 is 11.3 Å². The summed E-state index contributed by atoms with van der Waals surface area (Å²) in [5, 5.41) is 9.99. The number of benzene rings is 1. The predicted molar refractivity (Wildman–Crippen MR) is 110 cm³/mol. The molecule has 0 fully saturated rings. The van der Waals surface area contributed by atoms with E-state index in [9.17, 15) is 9.59 Å². The molecular weight excluding hydrogens is 376 g/mol. The van der Waals surface area contributed by atoms with Crippen LogP contribution < -0.4 is 10.9 Å². The van der Waals surface area contributed by atoms with Crippen LogP contribution in [-0.4, -0.2) is 40.8 Å². The molecule has 0 bridgehead atoms. The van der Waals surface area contributed by atoms with E-state index in [2.05, 4.69) is 20.5 Å². The highest BCUT2D eigenvalue weighted by Gasteiger charge is 2.22. The van der Waals surface area contributed by atoms with E-state index >= 15 is 0 Å². The Morgan fingerprint density at radius 2 is 2.00 bits per heavy atom. The maximum atomic E-state index is 12.5. The summed E-state index contributed by atoms with van der Waals surface area (Å²) in [6, 6.07) is 11.1. The van der Waals surface area contributed by atoms with Gasteiger partial charge in [0, 0.05) is 24.8 Å². The van der Waals surface area contributed by atoms with E-state index in [4.69, 9.17) is 4.74 Å². The van der Waals surface area contributed by atoms with Crippen LogP contribution in [0.15, 0.2) is 41.2 Å². The van der Waals surface area contributed by atoms with Crippen molar-refractivity contribution in [1.29, 1.82) is 0 Å². The van der Waals surface area contributed by atoms with Gasteiger partial charge in [0.2, 0.25) is 0 Å². The van der Waals surface area contributed by atoms with Crippen LogP contribution in [0.25, 0.3) is 21.8 Å². The molecule has 1 aromatic carbocycles. The molecular formula is C20H22N4O3S. The molecule has 7 nitrogen and oxygen atoms in total. The molecule has 0 atom stereocenters. The Kier molecular flexibility index (Phi) is 6.33. The monoisotopic (exact) mass is 398 g/mol. The second-order valence-electron chi connectivity index (χ2n) is 6.54. The number of ether oxygens (including phenoxy) is 1. The van der Waals surface area contributed by atoms with E-state index < -0.39 is 0 Å². The van der Waals surface area contributed by atoms with Gasteiger partial charge in [-0.1, -0.05) is 30.3 Å². The number of nitrogens with one attached hydrogen (secondary N) is 2. The van der Waals surface area contributed by atoms with E-state index in [0.717, 1.165) is 16.0 Å². The number of H-pyrrole nitrogens is 1. The van der Waals surface area contributed by atoms with Gasteiger partial charge in [-0.25, -0.2) is 10.1 Å². The summed E-state index contributed by atoms with van der Waals surface area (Å²) in [6.07, 6.45) is 0.530. The molecule has 0 aliphatic heterocycles. The van der Waals surface area contributed by atoms with Crippen molar-refractivity contribution in [2.24, 2.45) is 0 Å². The normalized spacial score (nSPS) is 11.0. The highest BCUT2D eigenvalue weighted by atomic mass is 32.1. The number of carbonyl (C=O) groups excluding carboxylic acids is 1. The second-order valence-corrected chi connectivity index (χ2v) is 7.54. The minimum atomic E-state index is -0.279. The van der Waals surface area contributed by atoms with Crippen molar-refractivity contribution in [2.45, 2.75) is 26.3 Å². The summed E-state index contributed by atoms with van der Waals surface area (Å²) in [6.45, 7) is 4.26. The maximum Gasteiger partial charge on any atom is 0.280 e. The van der Waals surface area contributed by atoms with E-state index in [1.54, 1.807) is 7.11 Å². The molecule has 146 valence electrons. The topological polar surface area (TPSA) is 97.0 Å². The van der Waals surface area contributed by atoms with Crippen LogP contribution in [0.2, 0.25) is 0 Å². The minimum Gasteiger partial charge on any atom is -0.384 e. The molecule has 2 heterocycles. The van der Waals surface area contributed by atoms with Crippen LogP contribution in [0, 0.1) is 0 Å². The molecule has 28 heavy (non-hydrogen) atoms. The van der Waals surface area contributed by atoms with E-state index in [-0.39, 0.29) is 17.5 Å². The number of carbonyl (C=O) groups is 1. The molecule has 0 aliphatic carbocycles. The van der Waals surface area contributed by atoms with Crippen molar-refractivity contribution in [3.63, 3.8) is 0 Å². The average molecular weight is 398 g/mol. The van der Waals surface area contributed by atoms with E-state index in [1.807, 2.05) is 44.2 Å². The number of rotatable bonds is 7. The number of hydrogen-bond acceptors (Lipinski definition) is 6. The summed E-state index contributed by atoms with van der Waals surface area (Å²) >= 11 is 1.26. The SMILES string of the molecule is COCCc1cc(=O)[nH]nc1-c1sc(C(=O)NC(C)C)nc1-c1ccccc1. The van der Waals surface area contributed by atoms with Crippen molar-refractivity contribution in [3.8, 4) is 21.8 Å². The number of aromatic amines is 1. The van der Waals surface area contributed by atoms with Gasteiger partial charge in [0.05, 0.1) is 17.2 Å². The largest absolute Gasteiger partial charge is 0.384 e. The fourth-order valence-corrected chi connectivity index (χ4v) is 3.75. The summed E-state index contributed by atoms with van der Waals surface area (Å²) in [4.78, 5) is 29.7. The number of amides is 1. The number of hydrogen-bond donors (Lipinski definition) is 2. The Morgan fingerprint density at radius 3 is 2.68 bits per heavy atom. The highest BCUT2D eigenvalue weighted by molar-refractivity contribution is 7.17. The van der Waals surface area contributed by atoms with Crippen molar-refractivity contribution in [1.82, 2.24) is 20.5 Å². The molecule has 2 aromatic heterocycles. The van der Waals surface area contributed by atoms with Crippen molar-refractivity contribution in [2.75, 3.05) is 13.7 Å². The van der Waals surface area contributed by atoms with Crippen LogP contribution in [0.1, 0.15) is 29.2 Å². The number of aromatic nitrogens is 3. The first kappa shape index (κ1) is 19.9. The maximum absolute atomic E-state index is 12.5. The standard InChI is InChI=1S/C20H22N4O3S/c1-12(2)21-19(26)20-22-16(13-7-5-4-6-8-13)18(28-20)17-14(9-10-27-3)11-15(25)23-24-17/h4-8,11-12H,9-10H2,1-3H3,(H,21,26)(H,23,25). The minimum absolute atomic E-state index is 0.00324. The molecule has 0 saturated heterocycles. The molecule has 0 spiro atoms. The van der Waals surface area contributed by atoms with E-state index in [0.29, 0.717) is 29.4 Å². The lowest BCUT2D eigenvalue weighted by molar-refractivity contribution is 0.0943. The lowest BCUT2D eigenvalue weighted by Gasteiger charge is -2.07. The number of thiazole rings is 1. The summed E-state index contributed by atoms with van der Waals surface area (Å²) < 4.78 is 5.16. The molecule has 0 radical (unpaired) electrons. The number of methoxy groups -OCH3 is 1. The molecule has 2 N–H and O–H groups in total. The molecule has 0 unspecified atom stereocenters. The van der Waals surface area contributed by atoms with Gasteiger partial charge >= 0.3 is 0 Å². The Labute approximate surface area is 166 Å². The van der Waals surface area contributed by atoms with Crippen LogP contribution in [-0.2, 0) is 11.2 Å². The molecule has 0 aliphatic rings. The van der Waals surface area contributed by atoms with Crippen LogP contribution in [0.5, 0.6) is 0 Å². The van der Waals surface area contributed by atoms with Gasteiger partial charge < -0.3 is 10.1 Å².